The molecule has 0 atom stereocenters. The Bertz CT molecular complexity index is 1380. The van der Waals surface area contributed by atoms with Gasteiger partial charge in [0.2, 0.25) is 5.91 Å². The molecule has 2 amide bonds. The molecule has 2 fully saturated rings. The number of para-hydroxylation sites is 1. The number of methoxy groups -OCH3 is 1. The second-order valence-electron chi connectivity index (χ2n) is 9.29. The molecule has 3 heterocycles. The molecule has 1 aromatic carbocycles. The highest BCUT2D eigenvalue weighted by Crippen LogP contribution is 2.51. The van der Waals surface area contributed by atoms with E-state index in [0.29, 0.717) is 22.8 Å². The molecule has 0 radical (unpaired) electrons. The molecule has 1 saturated heterocycles. The summed E-state index contributed by atoms with van der Waals surface area (Å²) < 4.78 is 18.9. The molecule has 11 heteroatoms. The van der Waals surface area contributed by atoms with Crippen molar-refractivity contribution < 1.29 is 18.9 Å². The van der Waals surface area contributed by atoms with Crippen LogP contribution in [0.15, 0.2) is 42.6 Å². The number of rotatable bonds is 8. The largest absolute Gasteiger partial charge is 0.494 e. The van der Waals surface area contributed by atoms with Gasteiger partial charge >= 0.3 is 0 Å². The average Bonchev–Trinajstić information content (AvgIpc) is 3.68. The monoisotopic (exact) mass is 520 g/mol. The third kappa shape index (κ3) is 5.20. The van der Waals surface area contributed by atoms with Crippen LogP contribution in [0.25, 0.3) is 11.3 Å². The SMILES string of the molecule is CNC(=O)c1nnc(NC(=O)C2CC2)cc1Nc1cccc(-c2ccc(P3(=O)CCCC3)cn2)c1OC. The Morgan fingerprint density at radius 2 is 1.84 bits per heavy atom. The number of carbonyl (C=O) groups is 2. The molecule has 0 unspecified atom stereocenters. The van der Waals surface area contributed by atoms with E-state index in [1.165, 1.54) is 7.05 Å². The van der Waals surface area contributed by atoms with Crippen molar-refractivity contribution in [1.29, 1.82) is 0 Å². The third-order valence-corrected chi connectivity index (χ3v) is 9.99. The Morgan fingerprint density at radius 3 is 2.49 bits per heavy atom. The van der Waals surface area contributed by atoms with E-state index < -0.39 is 13.0 Å². The van der Waals surface area contributed by atoms with Gasteiger partial charge in [0.05, 0.1) is 24.2 Å². The smallest absolute Gasteiger partial charge is 0.273 e. The number of pyridine rings is 1. The highest BCUT2D eigenvalue weighted by molar-refractivity contribution is 7.71. The van der Waals surface area contributed by atoms with Crippen molar-refractivity contribution >= 4 is 41.5 Å². The number of nitrogens with zero attached hydrogens (tertiary/aromatic N) is 3. The lowest BCUT2D eigenvalue weighted by Crippen LogP contribution is -2.22. The molecule has 1 saturated carbocycles. The normalized spacial score (nSPS) is 16.2. The molecule has 0 spiro atoms. The molecule has 2 aromatic heterocycles. The van der Waals surface area contributed by atoms with Crippen molar-refractivity contribution in [3.63, 3.8) is 0 Å². The molecule has 3 aromatic rings. The minimum absolute atomic E-state index is 0.000198. The lowest BCUT2D eigenvalue weighted by Gasteiger charge is -2.17. The molecule has 5 rings (SSSR count). The van der Waals surface area contributed by atoms with Gasteiger partial charge in [-0.25, -0.2) is 0 Å². The Kier molecular flexibility index (Phi) is 6.93. The van der Waals surface area contributed by atoms with Gasteiger partial charge < -0.3 is 25.3 Å². The minimum atomic E-state index is -2.33. The van der Waals surface area contributed by atoms with Crippen LogP contribution in [-0.4, -0.2) is 53.5 Å². The van der Waals surface area contributed by atoms with Gasteiger partial charge in [-0.15, -0.1) is 10.2 Å². The zero-order chi connectivity index (χ0) is 26.0. The van der Waals surface area contributed by atoms with Crippen molar-refractivity contribution in [2.45, 2.75) is 25.7 Å². The quantitative estimate of drug-likeness (QED) is 0.382. The predicted molar refractivity (Wildman–Crippen MR) is 142 cm³/mol. The van der Waals surface area contributed by atoms with Crippen LogP contribution in [-0.2, 0) is 9.36 Å². The maximum atomic E-state index is 13.1. The van der Waals surface area contributed by atoms with Crippen molar-refractivity contribution in [2.75, 3.05) is 37.1 Å². The summed E-state index contributed by atoms with van der Waals surface area (Å²) in [5.74, 6) is 0.227. The number of anilines is 3. The number of ether oxygens (including phenoxy) is 1. The second-order valence-corrected chi connectivity index (χ2v) is 12.5. The molecule has 2 aliphatic rings. The Labute approximate surface area is 215 Å². The lowest BCUT2D eigenvalue weighted by molar-refractivity contribution is -0.117. The van der Waals surface area contributed by atoms with Crippen LogP contribution in [0.5, 0.6) is 5.75 Å². The van der Waals surface area contributed by atoms with Crippen molar-refractivity contribution in [3.05, 3.63) is 48.3 Å². The van der Waals surface area contributed by atoms with Crippen molar-refractivity contribution in [3.8, 4) is 17.0 Å². The first kappa shape index (κ1) is 24.9. The molecule has 192 valence electrons. The van der Waals surface area contributed by atoms with Crippen LogP contribution >= 0.6 is 7.14 Å². The number of carbonyl (C=O) groups excluding carboxylic acids is 2. The third-order valence-electron chi connectivity index (χ3n) is 6.71. The van der Waals surface area contributed by atoms with Gasteiger partial charge in [0.1, 0.15) is 7.14 Å². The highest BCUT2D eigenvalue weighted by Gasteiger charge is 2.31. The second kappa shape index (κ2) is 10.3. The fourth-order valence-electron chi connectivity index (χ4n) is 4.50. The highest BCUT2D eigenvalue weighted by atomic mass is 31.2. The predicted octanol–water partition coefficient (Wildman–Crippen LogP) is 3.78. The van der Waals surface area contributed by atoms with Crippen molar-refractivity contribution in [1.82, 2.24) is 20.5 Å². The zero-order valence-electron chi connectivity index (χ0n) is 20.8. The Balaban J connectivity index is 1.47. The van der Waals surface area contributed by atoms with Gasteiger partial charge in [-0.05, 0) is 49.9 Å². The summed E-state index contributed by atoms with van der Waals surface area (Å²) in [6, 6.07) is 10.9. The molecule has 1 aliphatic carbocycles. The number of nitrogens with one attached hydrogen (secondary N) is 3. The zero-order valence-corrected chi connectivity index (χ0v) is 21.7. The molecule has 0 bridgehead atoms. The summed E-state index contributed by atoms with van der Waals surface area (Å²) in [6.07, 6.45) is 6.91. The van der Waals surface area contributed by atoms with Crippen LogP contribution in [0.1, 0.15) is 36.2 Å². The van der Waals surface area contributed by atoms with Crippen LogP contribution < -0.4 is 26.0 Å². The fraction of sp³-hybridized carbons (Fsp3) is 0.346. The summed E-state index contributed by atoms with van der Waals surface area (Å²) in [4.78, 5) is 29.3. The van der Waals surface area contributed by atoms with Crippen LogP contribution in [0.3, 0.4) is 0 Å². The molecular weight excluding hydrogens is 491 g/mol. The van der Waals surface area contributed by atoms with E-state index in [1.54, 1.807) is 19.4 Å². The summed E-state index contributed by atoms with van der Waals surface area (Å²) in [7, 11) is 0.733. The summed E-state index contributed by atoms with van der Waals surface area (Å²) in [6.45, 7) is 0. The lowest BCUT2D eigenvalue weighted by atomic mass is 10.1. The number of hydrogen-bond acceptors (Lipinski definition) is 8. The maximum absolute atomic E-state index is 13.1. The topological polar surface area (TPSA) is 135 Å². The van der Waals surface area contributed by atoms with E-state index in [1.807, 2.05) is 30.3 Å². The van der Waals surface area contributed by atoms with Gasteiger partial charge in [0, 0.05) is 48.4 Å². The minimum Gasteiger partial charge on any atom is -0.494 e. The van der Waals surface area contributed by atoms with Gasteiger partial charge in [-0.1, -0.05) is 6.07 Å². The number of benzene rings is 1. The summed E-state index contributed by atoms with van der Waals surface area (Å²) in [5, 5.41) is 17.4. The van der Waals surface area contributed by atoms with Gasteiger partial charge in [-0.3, -0.25) is 14.6 Å². The molecule has 1 aliphatic heterocycles. The van der Waals surface area contributed by atoms with Crippen LogP contribution in [0, 0.1) is 5.92 Å². The molecule has 3 N–H and O–H groups in total. The van der Waals surface area contributed by atoms with Gasteiger partial charge in [0.25, 0.3) is 5.91 Å². The Hall–Kier alpha value is -3.78. The van der Waals surface area contributed by atoms with Crippen molar-refractivity contribution in [2.24, 2.45) is 5.92 Å². The van der Waals surface area contributed by atoms with E-state index in [9.17, 15) is 14.2 Å². The maximum Gasteiger partial charge on any atom is 0.273 e. The molecular formula is C26H29N6O4P. The van der Waals surface area contributed by atoms with E-state index >= 15 is 0 Å². The summed E-state index contributed by atoms with van der Waals surface area (Å²) in [5.41, 5.74) is 2.41. The van der Waals surface area contributed by atoms with Crippen LogP contribution in [0.2, 0.25) is 0 Å². The first-order chi connectivity index (χ1) is 17.9. The van der Waals surface area contributed by atoms with E-state index in [2.05, 4.69) is 31.1 Å². The van der Waals surface area contributed by atoms with Gasteiger partial charge in [0.15, 0.2) is 17.3 Å². The Morgan fingerprint density at radius 1 is 1.05 bits per heavy atom. The fourth-order valence-corrected chi connectivity index (χ4v) is 7.32. The average molecular weight is 521 g/mol. The van der Waals surface area contributed by atoms with E-state index in [-0.39, 0.29) is 23.3 Å². The number of aromatic nitrogens is 3. The first-order valence-corrected chi connectivity index (χ1v) is 14.4. The number of hydrogen-bond donors (Lipinski definition) is 3. The molecule has 10 nitrogen and oxygen atoms in total. The van der Waals surface area contributed by atoms with E-state index in [0.717, 1.165) is 48.9 Å². The molecule has 37 heavy (non-hydrogen) atoms. The summed E-state index contributed by atoms with van der Waals surface area (Å²) >= 11 is 0. The van der Waals surface area contributed by atoms with Crippen LogP contribution in [0.4, 0.5) is 17.2 Å². The van der Waals surface area contributed by atoms with E-state index in [4.69, 9.17) is 4.74 Å². The number of amides is 2. The van der Waals surface area contributed by atoms with Gasteiger partial charge in [-0.2, -0.15) is 0 Å². The first-order valence-electron chi connectivity index (χ1n) is 12.3. The standard InChI is InChI=1S/C26H29N6O4P/c1-27-26(34)23-21(14-22(31-32-23)30-25(33)16-8-9-16)29-20-7-5-6-18(24(20)36-2)19-11-10-17(15-28-19)37(35)12-3-4-13-37/h5-7,10-11,14-16H,3-4,8-9,12-13H2,1-2H3,(H,27,34)(H2,29,30,31,33).